The molecule has 0 unspecified atom stereocenters. The van der Waals surface area contributed by atoms with Crippen LogP contribution in [0.5, 0.6) is 5.75 Å². The number of allylic oxidation sites excluding steroid dienone is 5. The van der Waals surface area contributed by atoms with E-state index in [1.165, 1.54) is 6.08 Å². The van der Waals surface area contributed by atoms with Gasteiger partial charge in [0.2, 0.25) is 0 Å². The molecular weight excluding hydrogens is 483 g/mol. The number of aromatic nitrogens is 1. The van der Waals surface area contributed by atoms with Crippen LogP contribution in [0.2, 0.25) is 6.82 Å². The topological polar surface area (TPSA) is 89.6 Å². The number of hydrogen-bond donors (Lipinski definition) is 2. The molecule has 7 nitrogen and oxygen atoms in total. The van der Waals surface area contributed by atoms with Gasteiger partial charge in [0.25, 0.3) is 0 Å². The first-order valence-electron chi connectivity index (χ1n) is 12.3. The van der Waals surface area contributed by atoms with Gasteiger partial charge < -0.3 is 4.74 Å². The van der Waals surface area contributed by atoms with E-state index in [0.717, 1.165) is 22.6 Å². The Bertz CT molecular complexity index is 1320. The number of rotatable bonds is 10. The third kappa shape index (κ3) is 7.90. The van der Waals surface area contributed by atoms with E-state index in [0.29, 0.717) is 37.4 Å². The second-order valence-electron chi connectivity index (χ2n) is 8.49. The van der Waals surface area contributed by atoms with Crippen molar-refractivity contribution in [3.05, 3.63) is 106 Å². The zero-order chi connectivity index (χ0) is 27.5. The molecule has 0 radical (unpaired) electrons. The van der Waals surface area contributed by atoms with Gasteiger partial charge in [0, 0.05) is 11.8 Å². The maximum absolute atomic E-state index is 15.1. The zero-order valence-corrected chi connectivity index (χ0v) is 21.8. The fraction of sp³-hybridized carbons (Fsp3) is 0.214. The number of carbonyl (C=O) groups is 2. The number of hydrogen-bond acceptors (Lipinski definition) is 5. The van der Waals surface area contributed by atoms with E-state index in [-0.39, 0.29) is 17.9 Å². The molecule has 0 aromatic carbocycles. The fourth-order valence-corrected chi connectivity index (χ4v) is 3.65. The van der Waals surface area contributed by atoms with Crippen LogP contribution in [0.1, 0.15) is 23.1 Å². The third-order valence-corrected chi connectivity index (χ3v) is 5.88. The zero-order valence-electron chi connectivity index (χ0n) is 21.8. The van der Waals surface area contributed by atoms with Gasteiger partial charge in [-0.1, -0.05) is 13.4 Å². The Kier molecular flexibility index (Phi) is 10.4. The van der Waals surface area contributed by atoms with Crippen molar-refractivity contribution >= 4 is 32.1 Å². The molecule has 38 heavy (non-hydrogen) atoms. The van der Waals surface area contributed by atoms with Crippen LogP contribution >= 0.6 is 0 Å². The van der Waals surface area contributed by atoms with Gasteiger partial charge >= 0.3 is 133 Å². The average molecular weight is 513 g/mol. The van der Waals surface area contributed by atoms with Crippen molar-refractivity contribution in [2.24, 2.45) is 0 Å². The number of ether oxygens (including phenoxy) is 2. The second-order valence-corrected chi connectivity index (χ2v) is 8.49. The summed E-state index contributed by atoms with van der Waals surface area (Å²) in [6, 6.07) is 7.41. The number of halogens is 1. The second kappa shape index (κ2) is 13.9. The molecule has 0 saturated carbocycles. The summed E-state index contributed by atoms with van der Waals surface area (Å²) in [7, 11) is 2.26. The van der Waals surface area contributed by atoms with Crippen LogP contribution in [-0.2, 0) is 20.7 Å². The summed E-state index contributed by atoms with van der Waals surface area (Å²) < 4.78 is 26.2. The Morgan fingerprint density at radius 2 is 2.11 bits per heavy atom. The molecule has 0 aliphatic heterocycles. The van der Waals surface area contributed by atoms with Gasteiger partial charge in [-0.05, 0) is 24.5 Å². The Morgan fingerprint density at radius 3 is 2.82 bits per heavy atom. The summed E-state index contributed by atoms with van der Waals surface area (Å²) >= 11 is 0. The summed E-state index contributed by atoms with van der Waals surface area (Å²) in [5.74, 6) is 0.634. The number of carbonyl (C=O) groups excluding carboxylic acids is 2. The van der Waals surface area contributed by atoms with Crippen LogP contribution in [0.4, 0.5) is 4.39 Å². The molecule has 0 saturated heterocycles. The standard InChI is InChI=1S/C28H30B2FN3O4/c1-18-24(17-22(29-3)19(2)37-4)32-15-12-25(18)38-26-10-7-9-21(16-23(26)31)34-28(36)27(35)33-14-11-20-8-5-6-13-30-20/h5-9,12-13,15-17,29H,2,10-11,14H2,1,3-4H3,(H,33,35)(H,34,36)/b22-17+. The minimum Gasteiger partial charge on any atom is -0.0339 e. The Balaban J connectivity index is 1.67. The van der Waals surface area contributed by atoms with E-state index in [1.807, 2.05) is 50.9 Å². The van der Waals surface area contributed by atoms with Gasteiger partial charge in [-0.2, -0.15) is 0 Å². The van der Waals surface area contributed by atoms with Gasteiger partial charge in [-0.3, -0.25) is 4.98 Å². The van der Waals surface area contributed by atoms with Crippen molar-refractivity contribution in [3.8, 4) is 5.75 Å². The van der Waals surface area contributed by atoms with Crippen molar-refractivity contribution in [1.82, 2.24) is 15.6 Å². The molecule has 0 spiro atoms. The molecule has 2 amide bonds. The minimum atomic E-state index is -0.878. The maximum Gasteiger partial charge on any atom is 0.0174 e. The average Bonchev–Trinajstić information content (AvgIpc) is 3.09. The van der Waals surface area contributed by atoms with Crippen molar-refractivity contribution in [1.29, 1.82) is 0 Å². The molecular formula is C28H30B2FN3O4. The van der Waals surface area contributed by atoms with Gasteiger partial charge in [-0.15, -0.1) is 0 Å². The third-order valence-electron chi connectivity index (χ3n) is 5.88. The Morgan fingerprint density at radius 1 is 1.29 bits per heavy atom. The maximum atomic E-state index is 15.1. The van der Waals surface area contributed by atoms with Crippen LogP contribution < -0.4 is 15.4 Å². The summed E-state index contributed by atoms with van der Waals surface area (Å²) in [4.78, 5) is 28.9. The monoisotopic (exact) mass is 513 g/mol. The quantitative estimate of drug-likeness (QED) is 0.220. The van der Waals surface area contributed by atoms with E-state index in [9.17, 15) is 9.59 Å². The number of nitrogens with one attached hydrogen (secondary N) is 2. The number of methoxy groups -OCH3 is 1. The molecule has 0 bridgehead atoms. The minimum absolute atomic E-state index is 0.0686. The first kappa shape index (κ1) is 28.4. The summed E-state index contributed by atoms with van der Waals surface area (Å²) in [5, 5.41) is 5.01. The first-order valence-corrected chi connectivity index (χ1v) is 12.3. The van der Waals surface area contributed by atoms with Crippen LogP contribution in [0.25, 0.3) is 6.08 Å². The fourth-order valence-electron chi connectivity index (χ4n) is 3.65. The predicted molar refractivity (Wildman–Crippen MR) is 149 cm³/mol. The number of amides is 2. The van der Waals surface area contributed by atoms with Crippen molar-refractivity contribution in [2.75, 3.05) is 13.7 Å². The molecule has 1 aliphatic carbocycles. The molecule has 1 aliphatic rings. The largest absolute Gasteiger partial charge is 0.0339 e. The molecule has 194 valence electrons. The van der Waals surface area contributed by atoms with Gasteiger partial charge in [0.15, 0.2) is 7.28 Å². The van der Waals surface area contributed by atoms with Gasteiger partial charge in [0.1, 0.15) is 11.5 Å². The SMILES string of the molecule is C=C(OC)/C(BC)=C\c1nccc(OC2=C(F)C=C(NC(=O)C(=O)NCCc3bcccc3)C=CC2)c1C. The normalized spacial score (nSPS) is 13.2. The van der Waals surface area contributed by atoms with E-state index < -0.39 is 17.6 Å². The number of pyridine rings is 1. The summed E-state index contributed by atoms with van der Waals surface area (Å²) in [5.41, 5.74) is 3.45. The summed E-state index contributed by atoms with van der Waals surface area (Å²) in [6.07, 6.45) is 8.50. The van der Waals surface area contributed by atoms with Crippen molar-refractivity contribution < 1.29 is 23.5 Å². The van der Waals surface area contributed by atoms with Gasteiger partial charge in [0.05, 0.1) is 12.8 Å². The molecule has 2 N–H and O–H groups in total. The number of nitrogens with zero attached hydrogens (tertiary/aromatic N) is 1. The van der Waals surface area contributed by atoms with E-state index in [4.69, 9.17) is 9.47 Å². The molecule has 10 heteroatoms. The molecule has 2 aromatic heterocycles. The molecule has 0 atom stereocenters. The van der Waals surface area contributed by atoms with E-state index >= 15 is 4.39 Å². The van der Waals surface area contributed by atoms with Crippen molar-refractivity contribution in [2.45, 2.75) is 26.6 Å². The van der Waals surface area contributed by atoms with Crippen LogP contribution in [0.3, 0.4) is 0 Å². The van der Waals surface area contributed by atoms with E-state index in [2.05, 4.69) is 22.2 Å². The Labute approximate surface area is 223 Å². The molecule has 2 aromatic rings. The van der Waals surface area contributed by atoms with E-state index in [1.54, 1.807) is 25.4 Å². The Hall–Kier alpha value is -4.20. The molecule has 3 rings (SSSR count). The molecule has 0 fully saturated rings. The first-order chi connectivity index (χ1) is 18.3. The van der Waals surface area contributed by atoms with Crippen LogP contribution in [0.15, 0.2) is 89.7 Å². The predicted octanol–water partition coefficient (Wildman–Crippen LogP) is 3.59. The smallest absolute Gasteiger partial charge is 0.0174 e. The molecule has 2 heterocycles. The van der Waals surface area contributed by atoms with Gasteiger partial charge in [-0.25, -0.2) is 0 Å². The van der Waals surface area contributed by atoms with Crippen LogP contribution in [0, 0.1) is 6.92 Å². The summed E-state index contributed by atoms with van der Waals surface area (Å²) in [6.45, 7) is 9.96. The van der Waals surface area contributed by atoms with Crippen LogP contribution in [-0.4, -0.2) is 44.6 Å². The van der Waals surface area contributed by atoms with Crippen molar-refractivity contribution in [3.63, 3.8) is 0 Å².